The molecule has 2 aromatic rings. The van der Waals surface area contributed by atoms with E-state index >= 15 is 0 Å². The summed E-state index contributed by atoms with van der Waals surface area (Å²) in [7, 11) is 0. The molecular formula is C12H5Cl3F3NO. The zero-order chi connectivity index (χ0) is 15.1. The molecule has 1 aromatic heterocycles. The Bertz CT molecular complexity index is 725. The highest BCUT2D eigenvalue weighted by Gasteiger charge is 2.33. The lowest BCUT2D eigenvalue weighted by Gasteiger charge is -2.09. The average molecular weight is 343 g/mol. The van der Waals surface area contributed by atoms with Gasteiger partial charge in [-0.25, -0.2) is 0 Å². The Morgan fingerprint density at radius 3 is 2.25 bits per heavy atom. The van der Waals surface area contributed by atoms with Crippen LogP contribution in [-0.2, 0) is 6.18 Å². The van der Waals surface area contributed by atoms with Crippen molar-refractivity contribution < 1.29 is 13.2 Å². The van der Waals surface area contributed by atoms with Gasteiger partial charge in [-0.2, -0.15) is 13.2 Å². The molecule has 20 heavy (non-hydrogen) atoms. The first-order valence-electron chi connectivity index (χ1n) is 5.15. The van der Waals surface area contributed by atoms with E-state index in [0.29, 0.717) is 6.20 Å². The van der Waals surface area contributed by atoms with Crippen molar-refractivity contribution in [1.29, 1.82) is 0 Å². The minimum atomic E-state index is -4.72. The Morgan fingerprint density at radius 1 is 1.05 bits per heavy atom. The average Bonchev–Trinajstić information content (AvgIpc) is 2.32. The number of aromatic nitrogens is 1. The number of hydrogen-bond donors (Lipinski definition) is 1. The maximum absolute atomic E-state index is 12.5. The fourth-order valence-corrected chi connectivity index (χ4v) is 2.30. The van der Waals surface area contributed by atoms with E-state index in [4.69, 9.17) is 34.8 Å². The van der Waals surface area contributed by atoms with Crippen LogP contribution in [0.25, 0.3) is 11.3 Å². The quantitative estimate of drug-likeness (QED) is 0.725. The van der Waals surface area contributed by atoms with Crippen LogP contribution in [0.5, 0.6) is 0 Å². The molecule has 0 radical (unpaired) electrons. The summed E-state index contributed by atoms with van der Waals surface area (Å²) in [6.07, 6.45) is -4.13. The number of halogens is 6. The molecule has 0 bridgehead atoms. The molecule has 2 nitrogen and oxygen atoms in total. The summed E-state index contributed by atoms with van der Waals surface area (Å²) in [6, 6.07) is 3.59. The third-order valence-corrected chi connectivity index (χ3v) is 3.52. The number of benzene rings is 1. The highest BCUT2D eigenvalue weighted by molar-refractivity contribution is 6.45. The van der Waals surface area contributed by atoms with Crippen LogP contribution < -0.4 is 5.43 Å². The van der Waals surface area contributed by atoms with Gasteiger partial charge >= 0.3 is 6.18 Å². The Labute approximate surface area is 126 Å². The van der Waals surface area contributed by atoms with Crippen LogP contribution in [0.3, 0.4) is 0 Å². The Hall–Kier alpha value is -1.17. The Morgan fingerprint density at radius 2 is 1.70 bits per heavy atom. The van der Waals surface area contributed by atoms with Crippen LogP contribution >= 0.6 is 34.8 Å². The van der Waals surface area contributed by atoms with Gasteiger partial charge in [0.05, 0.1) is 15.7 Å². The van der Waals surface area contributed by atoms with Gasteiger partial charge < -0.3 is 4.98 Å². The lowest BCUT2D eigenvalue weighted by Crippen LogP contribution is -2.19. The van der Waals surface area contributed by atoms with Crippen molar-refractivity contribution >= 4 is 34.8 Å². The first-order valence-corrected chi connectivity index (χ1v) is 6.28. The standard InChI is InChI=1S/C12H5Cl3F3NO/c13-5-1-6(11(15)8(14)2-5)9-3-10(20)7(4-19-9)12(16,17)18/h1-4H,(H,19,20). The van der Waals surface area contributed by atoms with Crippen LogP contribution in [-0.4, -0.2) is 4.98 Å². The van der Waals surface area contributed by atoms with Gasteiger partial charge in [-0.3, -0.25) is 4.79 Å². The van der Waals surface area contributed by atoms with Crippen LogP contribution in [0, 0.1) is 0 Å². The fraction of sp³-hybridized carbons (Fsp3) is 0.0833. The van der Waals surface area contributed by atoms with Crippen molar-refractivity contribution in [3.63, 3.8) is 0 Å². The van der Waals surface area contributed by atoms with Gasteiger partial charge in [-0.1, -0.05) is 34.8 Å². The molecule has 0 atom stereocenters. The largest absolute Gasteiger partial charge is 0.421 e. The van der Waals surface area contributed by atoms with Gasteiger partial charge in [-0.05, 0) is 12.1 Å². The molecule has 1 heterocycles. The number of hydrogen-bond acceptors (Lipinski definition) is 1. The number of H-pyrrole nitrogens is 1. The molecule has 0 saturated carbocycles. The first-order chi connectivity index (χ1) is 9.20. The highest BCUT2D eigenvalue weighted by Crippen LogP contribution is 2.35. The maximum atomic E-state index is 12.5. The topological polar surface area (TPSA) is 32.9 Å². The molecule has 0 aliphatic heterocycles. The maximum Gasteiger partial charge on any atom is 0.421 e. The second-order valence-corrected chi connectivity index (χ2v) is 5.09. The number of aromatic amines is 1. The molecule has 0 saturated heterocycles. The lowest BCUT2D eigenvalue weighted by molar-refractivity contribution is -0.138. The van der Waals surface area contributed by atoms with Crippen LogP contribution in [0.15, 0.2) is 29.2 Å². The van der Waals surface area contributed by atoms with E-state index in [1.54, 1.807) is 0 Å². The second-order valence-electron chi connectivity index (χ2n) is 3.87. The molecule has 0 spiro atoms. The zero-order valence-electron chi connectivity index (χ0n) is 9.49. The Balaban J connectivity index is 2.62. The van der Waals surface area contributed by atoms with Crippen LogP contribution in [0.4, 0.5) is 13.2 Å². The molecule has 0 aliphatic carbocycles. The summed E-state index contributed by atoms with van der Waals surface area (Å²) in [6.45, 7) is 0. The summed E-state index contributed by atoms with van der Waals surface area (Å²) < 4.78 is 37.5. The van der Waals surface area contributed by atoms with Crippen molar-refractivity contribution in [3.05, 3.63) is 55.3 Å². The third-order valence-electron chi connectivity index (χ3n) is 2.50. The summed E-state index contributed by atoms with van der Waals surface area (Å²) in [5, 5.41) is 0.469. The monoisotopic (exact) mass is 341 g/mol. The van der Waals surface area contributed by atoms with Crippen molar-refractivity contribution in [1.82, 2.24) is 4.98 Å². The third kappa shape index (κ3) is 2.95. The Kier molecular flexibility index (Phi) is 4.04. The number of pyridine rings is 1. The molecule has 0 aliphatic rings. The molecule has 0 amide bonds. The minimum Gasteiger partial charge on any atom is -0.360 e. The van der Waals surface area contributed by atoms with Crippen LogP contribution in [0.2, 0.25) is 15.1 Å². The second kappa shape index (κ2) is 5.31. The molecule has 106 valence electrons. The van der Waals surface area contributed by atoms with Gasteiger partial charge in [0.1, 0.15) is 5.56 Å². The van der Waals surface area contributed by atoms with Gasteiger partial charge in [0.2, 0.25) is 0 Å². The van der Waals surface area contributed by atoms with E-state index in [9.17, 15) is 18.0 Å². The van der Waals surface area contributed by atoms with Gasteiger partial charge in [0.25, 0.3) is 0 Å². The van der Waals surface area contributed by atoms with Crippen LogP contribution in [0.1, 0.15) is 5.56 Å². The SMILES string of the molecule is O=c1cc(-c2cc(Cl)cc(Cl)c2Cl)[nH]cc1C(F)(F)F. The van der Waals surface area contributed by atoms with E-state index in [2.05, 4.69) is 4.98 Å². The minimum absolute atomic E-state index is 0.0893. The molecule has 1 N–H and O–H groups in total. The van der Waals surface area contributed by atoms with E-state index < -0.39 is 17.2 Å². The predicted octanol–water partition coefficient (Wildman–Crippen LogP) is 5.02. The molecule has 1 aromatic carbocycles. The number of nitrogens with one attached hydrogen (secondary N) is 1. The smallest absolute Gasteiger partial charge is 0.360 e. The predicted molar refractivity (Wildman–Crippen MR) is 72.5 cm³/mol. The van der Waals surface area contributed by atoms with Gasteiger partial charge in [-0.15, -0.1) is 0 Å². The van der Waals surface area contributed by atoms with E-state index in [0.717, 1.165) is 6.07 Å². The van der Waals surface area contributed by atoms with E-state index in [-0.39, 0.29) is 26.3 Å². The van der Waals surface area contributed by atoms with Crippen molar-refractivity contribution in [3.8, 4) is 11.3 Å². The molecule has 2 rings (SSSR count). The van der Waals surface area contributed by atoms with Gasteiger partial charge in [0, 0.05) is 22.8 Å². The highest BCUT2D eigenvalue weighted by atomic mass is 35.5. The van der Waals surface area contributed by atoms with Gasteiger partial charge in [0.15, 0.2) is 5.43 Å². The van der Waals surface area contributed by atoms with E-state index in [1.807, 2.05) is 0 Å². The summed E-state index contributed by atoms with van der Waals surface area (Å²) >= 11 is 17.6. The fourth-order valence-electron chi connectivity index (χ4n) is 1.60. The summed E-state index contributed by atoms with van der Waals surface area (Å²) in [5.41, 5.74) is -2.11. The van der Waals surface area contributed by atoms with Crippen molar-refractivity contribution in [2.45, 2.75) is 6.18 Å². The zero-order valence-corrected chi connectivity index (χ0v) is 11.8. The molecule has 0 unspecified atom stereocenters. The normalized spacial score (nSPS) is 11.7. The number of alkyl halides is 3. The number of rotatable bonds is 1. The summed E-state index contributed by atoms with van der Waals surface area (Å²) in [4.78, 5) is 13.9. The lowest BCUT2D eigenvalue weighted by atomic mass is 10.1. The molecule has 0 fully saturated rings. The summed E-state index contributed by atoms with van der Waals surface area (Å²) in [5.74, 6) is 0. The molecule has 8 heteroatoms. The van der Waals surface area contributed by atoms with Crippen molar-refractivity contribution in [2.24, 2.45) is 0 Å². The van der Waals surface area contributed by atoms with E-state index in [1.165, 1.54) is 12.1 Å². The molecular weight excluding hydrogens is 337 g/mol. The first kappa shape index (κ1) is 15.2. The van der Waals surface area contributed by atoms with Crippen molar-refractivity contribution in [2.75, 3.05) is 0 Å².